The maximum absolute atomic E-state index is 13.0. The number of fused-ring (bicyclic) bond motifs is 1. The number of hydrogen-bond donors (Lipinski definition) is 2. The fourth-order valence-electron chi connectivity index (χ4n) is 3.53. The molecule has 0 aliphatic heterocycles. The molecule has 0 spiro atoms. The lowest BCUT2D eigenvalue weighted by atomic mass is 9.99. The largest absolute Gasteiger partial charge is 0.450 e. The van der Waals surface area contributed by atoms with E-state index in [2.05, 4.69) is 6.07 Å². The summed E-state index contributed by atoms with van der Waals surface area (Å²) >= 11 is 0. The Morgan fingerprint density at radius 1 is 0.964 bits per heavy atom. The summed E-state index contributed by atoms with van der Waals surface area (Å²) in [5.41, 5.74) is 18.7. The van der Waals surface area contributed by atoms with Crippen LogP contribution < -0.4 is 11.5 Å². The van der Waals surface area contributed by atoms with Gasteiger partial charge in [-0.25, -0.2) is 0 Å². The van der Waals surface area contributed by atoms with Crippen molar-refractivity contribution in [3.8, 4) is 11.1 Å². The van der Waals surface area contributed by atoms with Crippen molar-refractivity contribution in [3.05, 3.63) is 88.7 Å². The zero-order valence-electron chi connectivity index (χ0n) is 16.0. The molecule has 4 heteroatoms. The fourth-order valence-corrected chi connectivity index (χ4v) is 3.53. The van der Waals surface area contributed by atoms with Crippen LogP contribution in [0, 0.1) is 13.8 Å². The number of ketones is 1. The molecule has 4 rings (SSSR count). The zero-order chi connectivity index (χ0) is 19.8. The van der Waals surface area contributed by atoms with Gasteiger partial charge in [-0.3, -0.25) is 4.79 Å². The molecule has 3 aromatic carbocycles. The number of nitrogen functional groups attached to an aromatic ring is 1. The van der Waals surface area contributed by atoms with Gasteiger partial charge in [-0.2, -0.15) is 0 Å². The monoisotopic (exact) mass is 370 g/mol. The lowest BCUT2D eigenvalue weighted by Crippen LogP contribution is -2.05. The van der Waals surface area contributed by atoms with Gasteiger partial charge in [-0.15, -0.1) is 0 Å². The Labute approximate surface area is 163 Å². The Bertz CT molecular complexity index is 1200. The van der Waals surface area contributed by atoms with E-state index in [4.69, 9.17) is 15.9 Å². The predicted octanol–water partition coefficient (Wildman–Crippen LogP) is 4.99. The summed E-state index contributed by atoms with van der Waals surface area (Å²) in [6, 6.07) is 19.6. The maximum Gasteiger partial charge on any atom is 0.230 e. The number of carbonyl (C=O) groups excluding carboxylic acids is 1. The first-order chi connectivity index (χ1) is 13.5. The van der Waals surface area contributed by atoms with Gasteiger partial charge in [0.05, 0.1) is 5.69 Å². The standard InChI is InChI=1S/C24H22N2O2/c1-14-6-8-19(15(2)10-14)23(27)24-22(26)20-9-7-18(12-21(20)28-24)17-5-3-4-16(11-17)13-25/h3-12H,13,25-26H2,1-2H3. The molecule has 1 aromatic heterocycles. The van der Waals surface area contributed by atoms with Gasteiger partial charge in [0.15, 0.2) is 5.76 Å². The van der Waals surface area contributed by atoms with Crippen LogP contribution in [0.5, 0.6) is 0 Å². The Morgan fingerprint density at radius 3 is 2.50 bits per heavy atom. The highest BCUT2D eigenvalue weighted by Gasteiger charge is 2.21. The Kier molecular flexibility index (Phi) is 4.49. The number of nitrogens with two attached hydrogens (primary N) is 2. The number of rotatable bonds is 4. The quantitative estimate of drug-likeness (QED) is 0.496. The van der Waals surface area contributed by atoms with Gasteiger partial charge in [0, 0.05) is 17.5 Å². The third-order valence-electron chi connectivity index (χ3n) is 5.06. The summed E-state index contributed by atoms with van der Waals surface area (Å²) in [5, 5.41) is 0.742. The number of hydrogen-bond acceptors (Lipinski definition) is 4. The second-order valence-electron chi connectivity index (χ2n) is 7.11. The first kappa shape index (κ1) is 18.0. The van der Waals surface area contributed by atoms with Gasteiger partial charge >= 0.3 is 0 Å². The molecule has 0 aliphatic carbocycles. The molecule has 0 fully saturated rings. The summed E-state index contributed by atoms with van der Waals surface area (Å²) in [4.78, 5) is 13.0. The van der Waals surface area contributed by atoms with Crippen molar-refractivity contribution in [3.63, 3.8) is 0 Å². The third kappa shape index (κ3) is 3.08. The van der Waals surface area contributed by atoms with Gasteiger partial charge in [-0.05, 0) is 54.3 Å². The Balaban J connectivity index is 1.79. The van der Waals surface area contributed by atoms with E-state index in [9.17, 15) is 4.79 Å². The lowest BCUT2D eigenvalue weighted by Gasteiger charge is -2.04. The molecular formula is C24H22N2O2. The van der Waals surface area contributed by atoms with Gasteiger partial charge in [0.25, 0.3) is 0 Å². The highest BCUT2D eigenvalue weighted by molar-refractivity contribution is 6.15. The molecule has 0 saturated heterocycles. The van der Waals surface area contributed by atoms with E-state index < -0.39 is 0 Å². The molecule has 1 heterocycles. The van der Waals surface area contributed by atoms with Crippen molar-refractivity contribution in [1.29, 1.82) is 0 Å². The molecule has 4 N–H and O–H groups in total. The van der Waals surface area contributed by atoms with E-state index >= 15 is 0 Å². The molecule has 4 nitrogen and oxygen atoms in total. The zero-order valence-corrected chi connectivity index (χ0v) is 16.0. The predicted molar refractivity (Wildman–Crippen MR) is 113 cm³/mol. The second kappa shape index (κ2) is 6.98. The van der Waals surface area contributed by atoms with Crippen LogP contribution >= 0.6 is 0 Å². The number of furan rings is 1. The summed E-state index contributed by atoms with van der Waals surface area (Å²) in [6.07, 6.45) is 0. The van der Waals surface area contributed by atoms with Crippen LogP contribution in [-0.4, -0.2) is 5.78 Å². The normalized spacial score (nSPS) is 11.1. The molecule has 0 unspecified atom stereocenters. The van der Waals surface area contributed by atoms with Crippen LogP contribution in [0.2, 0.25) is 0 Å². The van der Waals surface area contributed by atoms with Crippen LogP contribution in [0.3, 0.4) is 0 Å². The molecule has 0 atom stereocenters. The van der Waals surface area contributed by atoms with Crippen molar-refractivity contribution in [1.82, 2.24) is 0 Å². The third-order valence-corrected chi connectivity index (χ3v) is 5.06. The smallest absolute Gasteiger partial charge is 0.230 e. The Morgan fingerprint density at radius 2 is 1.75 bits per heavy atom. The minimum Gasteiger partial charge on any atom is -0.450 e. The summed E-state index contributed by atoms with van der Waals surface area (Å²) in [5.74, 6) is -0.00677. The number of benzene rings is 3. The van der Waals surface area contributed by atoms with Crippen LogP contribution in [0.15, 0.2) is 65.1 Å². The van der Waals surface area contributed by atoms with E-state index in [1.807, 2.05) is 68.4 Å². The Hall–Kier alpha value is -3.37. The van der Waals surface area contributed by atoms with E-state index in [0.29, 0.717) is 23.4 Å². The van der Waals surface area contributed by atoms with Gasteiger partial charge < -0.3 is 15.9 Å². The van der Waals surface area contributed by atoms with Crippen molar-refractivity contribution in [2.45, 2.75) is 20.4 Å². The van der Waals surface area contributed by atoms with E-state index in [0.717, 1.165) is 33.2 Å². The van der Waals surface area contributed by atoms with Crippen molar-refractivity contribution in [2.75, 3.05) is 5.73 Å². The van der Waals surface area contributed by atoms with E-state index in [-0.39, 0.29) is 11.5 Å². The minimum atomic E-state index is -0.196. The van der Waals surface area contributed by atoms with Crippen LogP contribution in [0.25, 0.3) is 22.1 Å². The minimum absolute atomic E-state index is 0.190. The second-order valence-corrected chi connectivity index (χ2v) is 7.11. The molecule has 0 aliphatic rings. The molecule has 28 heavy (non-hydrogen) atoms. The molecular weight excluding hydrogens is 348 g/mol. The van der Waals surface area contributed by atoms with Crippen LogP contribution in [0.1, 0.15) is 32.8 Å². The summed E-state index contributed by atoms with van der Waals surface area (Å²) in [6.45, 7) is 4.40. The first-order valence-electron chi connectivity index (χ1n) is 9.21. The number of carbonyl (C=O) groups is 1. The molecule has 4 aromatic rings. The summed E-state index contributed by atoms with van der Waals surface area (Å²) in [7, 11) is 0. The van der Waals surface area contributed by atoms with Crippen molar-refractivity contribution < 1.29 is 9.21 Å². The average molecular weight is 370 g/mol. The highest BCUT2D eigenvalue weighted by Crippen LogP contribution is 2.34. The molecule has 0 bridgehead atoms. The molecule has 0 amide bonds. The highest BCUT2D eigenvalue weighted by atomic mass is 16.3. The average Bonchev–Trinajstić information content (AvgIpc) is 3.03. The summed E-state index contributed by atoms with van der Waals surface area (Å²) < 4.78 is 5.92. The first-order valence-corrected chi connectivity index (χ1v) is 9.21. The molecule has 140 valence electrons. The SMILES string of the molecule is Cc1ccc(C(=O)c2oc3cc(-c4cccc(CN)c4)ccc3c2N)c(C)c1. The van der Waals surface area contributed by atoms with Gasteiger partial charge in [0.1, 0.15) is 5.58 Å². The van der Waals surface area contributed by atoms with Crippen molar-refractivity contribution in [2.24, 2.45) is 5.73 Å². The number of aryl methyl sites for hydroxylation is 2. The number of anilines is 1. The molecule has 0 radical (unpaired) electrons. The maximum atomic E-state index is 13.0. The van der Waals surface area contributed by atoms with Crippen LogP contribution in [0.4, 0.5) is 5.69 Å². The fraction of sp³-hybridized carbons (Fsp3) is 0.125. The van der Waals surface area contributed by atoms with E-state index in [1.54, 1.807) is 0 Å². The van der Waals surface area contributed by atoms with E-state index in [1.165, 1.54) is 0 Å². The lowest BCUT2D eigenvalue weighted by molar-refractivity contribution is 0.101. The van der Waals surface area contributed by atoms with Crippen molar-refractivity contribution >= 4 is 22.4 Å². The van der Waals surface area contributed by atoms with Gasteiger partial charge in [0.2, 0.25) is 5.78 Å². The van der Waals surface area contributed by atoms with Crippen LogP contribution in [-0.2, 0) is 6.54 Å². The molecule has 0 saturated carbocycles. The van der Waals surface area contributed by atoms with Gasteiger partial charge in [-0.1, -0.05) is 48.0 Å². The topological polar surface area (TPSA) is 82.2 Å².